The van der Waals surface area contributed by atoms with E-state index in [-0.39, 0.29) is 11.3 Å². The van der Waals surface area contributed by atoms with E-state index in [2.05, 4.69) is 5.32 Å². The molecule has 0 saturated carbocycles. The molecule has 0 aliphatic carbocycles. The van der Waals surface area contributed by atoms with Crippen LogP contribution in [0.15, 0.2) is 46.0 Å². The monoisotopic (exact) mass is 410 g/mol. The average molecular weight is 411 g/mol. The zero-order valence-electron chi connectivity index (χ0n) is 15.2. The first-order valence-electron chi connectivity index (χ1n) is 8.43. The lowest BCUT2D eigenvalue weighted by atomic mass is 10.2. The van der Waals surface area contributed by atoms with Crippen molar-refractivity contribution in [2.45, 2.75) is 25.2 Å². The molecule has 0 atom stereocenters. The van der Waals surface area contributed by atoms with Crippen LogP contribution in [0.2, 0.25) is 0 Å². The van der Waals surface area contributed by atoms with Crippen molar-refractivity contribution in [2.75, 3.05) is 25.0 Å². The van der Waals surface area contributed by atoms with Gasteiger partial charge in [0.2, 0.25) is 10.0 Å². The number of esters is 1. The maximum Gasteiger partial charge on any atom is 0.310 e. The summed E-state index contributed by atoms with van der Waals surface area (Å²) in [5.74, 6) is -0.975. The van der Waals surface area contributed by atoms with Crippen LogP contribution in [0.3, 0.4) is 0 Å². The number of thiophene rings is 1. The highest BCUT2D eigenvalue weighted by Gasteiger charge is 2.21. The van der Waals surface area contributed by atoms with Crippen LogP contribution >= 0.6 is 11.3 Å². The summed E-state index contributed by atoms with van der Waals surface area (Å²) >= 11 is 1.48. The predicted octanol–water partition coefficient (Wildman–Crippen LogP) is 2.50. The van der Waals surface area contributed by atoms with E-state index < -0.39 is 28.5 Å². The Bertz CT molecular complexity index is 858. The molecule has 0 saturated heterocycles. The van der Waals surface area contributed by atoms with Gasteiger partial charge in [0, 0.05) is 18.8 Å². The van der Waals surface area contributed by atoms with Crippen molar-refractivity contribution in [3.8, 4) is 0 Å². The van der Waals surface area contributed by atoms with E-state index in [0.29, 0.717) is 18.8 Å². The number of sulfonamides is 1. The molecular weight excluding hydrogens is 388 g/mol. The first-order chi connectivity index (χ1) is 12.9. The van der Waals surface area contributed by atoms with E-state index in [0.717, 1.165) is 5.56 Å². The minimum atomic E-state index is -3.54. The molecular formula is C18H22N2O5S2. The minimum absolute atomic E-state index is 0.120. The van der Waals surface area contributed by atoms with Crippen molar-refractivity contribution in [3.05, 3.63) is 46.7 Å². The van der Waals surface area contributed by atoms with Crippen LogP contribution in [0.5, 0.6) is 0 Å². The van der Waals surface area contributed by atoms with Crippen LogP contribution < -0.4 is 5.32 Å². The van der Waals surface area contributed by atoms with Crippen LogP contribution in [0.1, 0.15) is 19.4 Å². The number of nitrogens with zero attached hydrogens (tertiary/aromatic N) is 1. The molecule has 1 heterocycles. The molecule has 2 rings (SSSR count). The molecule has 0 unspecified atom stereocenters. The van der Waals surface area contributed by atoms with Crippen molar-refractivity contribution < 1.29 is 22.7 Å². The van der Waals surface area contributed by atoms with Gasteiger partial charge in [-0.3, -0.25) is 9.59 Å². The number of ether oxygens (including phenoxy) is 1. The molecule has 2 aromatic rings. The Morgan fingerprint density at radius 1 is 1.11 bits per heavy atom. The largest absolute Gasteiger partial charge is 0.455 e. The summed E-state index contributed by atoms with van der Waals surface area (Å²) in [5, 5.41) is 6.27. The van der Waals surface area contributed by atoms with Crippen LogP contribution in [-0.4, -0.2) is 44.3 Å². The molecule has 0 bridgehead atoms. The Labute approximate surface area is 163 Å². The summed E-state index contributed by atoms with van der Waals surface area (Å²) in [6, 6.07) is 7.69. The number of benzene rings is 1. The topological polar surface area (TPSA) is 92.8 Å². The maximum absolute atomic E-state index is 12.4. The van der Waals surface area contributed by atoms with Gasteiger partial charge in [-0.25, -0.2) is 8.42 Å². The fraction of sp³-hybridized carbons (Fsp3) is 0.333. The molecule has 0 fully saturated rings. The van der Waals surface area contributed by atoms with E-state index in [1.165, 1.54) is 39.9 Å². The fourth-order valence-corrected chi connectivity index (χ4v) is 4.50. The van der Waals surface area contributed by atoms with Crippen molar-refractivity contribution in [2.24, 2.45) is 0 Å². The Kier molecular flexibility index (Phi) is 7.52. The van der Waals surface area contributed by atoms with Crippen molar-refractivity contribution in [1.29, 1.82) is 0 Å². The van der Waals surface area contributed by atoms with Gasteiger partial charge in [-0.2, -0.15) is 15.6 Å². The molecule has 146 valence electrons. The van der Waals surface area contributed by atoms with E-state index in [1.807, 2.05) is 16.8 Å². The van der Waals surface area contributed by atoms with Crippen LogP contribution in [0.25, 0.3) is 0 Å². The van der Waals surface area contributed by atoms with Gasteiger partial charge in [-0.05, 0) is 46.7 Å². The number of carbonyl (C=O) groups is 2. The summed E-state index contributed by atoms with van der Waals surface area (Å²) in [6.07, 6.45) is 0.120. The molecule has 9 heteroatoms. The first-order valence-corrected chi connectivity index (χ1v) is 10.8. The lowest BCUT2D eigenvalue weighted by Gasteiger charge is -2.18. The highest BCUT2D eigenvalue weighted by Crippen LogP contribution is 2.18. The van der Waals surface area contributed by atoms with Crippen LogP contribution in [0, 0.1) is 0 Å². The molecule has 0 radical (unpaired) electrons. The third-order valence-electron chi connectivity index (χ3n) is 3.77. The van der Waals surface area contributed by atoms with Crippen LogP contribution in [0.4, 0.5) is 5.69 Å². The lowest BCUT2D eigenvalue weighted by molar-refractivity contribution is -0.146. The highest BCUT2D eigenvalue weighted by molar-refractivity contribution is 7.89. The minimum Gasteiger partial charge on any atom is -0.455 e. The number of hydrogen-bond donors (Lipinski definition) is 1. The zero-order chi connectivity index (χ0) is 19.9. The molecule has 1 amide bonds. The van der Waals surface area contributed by atoms with Gasteiger partial charge in [0.15, 0.2) is 6.61 Å². The average Bonchev–Trinajstić information content (AvgIpc) is 3.14. The molecule has 0 spiro atoms. The summed E-state index contributed by atoms with van der Waals surface area (Å²) < 4.78 is 31.1. The third kappa shape index (κ3) is 5.88. The van der Waals surface area contributed by atoms with Crippen molar-refractivity contribution >= 4 is 38.9 Å². The molecule has 27 heavy (non-hydrogen) atoms. The quantitative estimate of drug-likeness (QED) is 0.641. The number of nitrogens with one attached hydrogen (secondary N) is 1. The molecule has 0 aliphatic heterocycles. The Morgan fingerprint density at radius 3 is 2.33 bits per heavy atom. The fourth-order valence-electron chi connectivity index (χ4n) is 2.38. The number of hydrogen-bond acceptors (Lipinski definition) is 6. The zero-order valence-corrected chi connectivity index (χ0v) is 16.8. The predicted molar refractivity (Wildman–Crippen MR) is 104 cm³/mol. The second-order valence-corrected chi connectivity index (χ2v) is 8.35. The van der Waals surface area contributed by atoms with Gasteiger partial charge in [0.1, 0.15) is 0 Å². The molecule has 1 aromatic carbocycles. The molecule has 1 N–H and O–H groups in total. The lowest BCUT2D eigenvalue weighted by Crippen LogP contribution is -2.30. The Hall–Kier alpha value is -2.23. The van der Waals surface area contributed by atoms with Crippen molar-refractivity contribution in [3.63, 3.8) is 0 Å². The second-order valence-electron chi connectivity index (χ2n) is 5.63. The standard InChI is InChI=1S/C18H22N2O5S2/c1-3-20(4-2)27(23,24)16-7-5-15(6-8-16)19-17(21)12-25-18(22)11-14-9-10-26-13-14/h5-10,13H,3-4,11-12H2,1-2H3,(H,19,21). The van der Waals surface area contributed by atoms with Gasteiger partial charge in [0.05, 0.1) is 11.3 Å². The van der Waals surface area contributed by atoms with E-state index in [1.54, 1.807) is 13.8 Å². The van der Waals surface area contributed by atoms with Gasteiger partial charge in [-0.1, -0.05) is 13.8 Å². The van der Waals surface area contributed by atoms with Crippen molar-refractivity contribution in [1.82, 2.24) is 4.31 Å². The Morgan fingerprint density at radius 2 is 1.78 bits per heavy atom. The summed E-state index contributed by atoms with van der Waals surface area (Å²) in [7, 11) is -3.54. The highest BCUT2D eigenvalue weighted by atomic mass is 32.2. The third-order valence-corrected chi connectivity index (χ3v) is 6.57. The maximum atomic E-state index is 12.4. The van der Waals surface area contributed by atoms with Gasteiger partial charge in [-0.15, -0.1) is 0 Å². The first kappa shape index (κ1) is 21.1. The molecule has 0 aliphatic rings. The SMILES string of the molecule is CCN(CC)S(=O)(=O)c1ccc(NC(=O)COC(=O)Cc2ccsc2)cc1. The number of anilines is 1. The second kappa shape index (κ2) is 9.63. The molecule has 7 nitrogen and oxygen atoms in total. The summed E-state index contributed by atoms with van der Waals surface area (Å²) in [6.45, 7) is 3.91. The van der Waals surface area contributed by atoms with Gasteiger partial charge >= 0.3 is 5.97 Å². The van der Waals surface area contributed by atoms with Gasteiger partial charge in [0.25, 0.3) is 5.91 Å². The van der Waals surface area contributed by atoms with Crippen LogP contribution in [-0.2, 0) is 30.8 Å². The van der Waals surface area contributed by atoms with Gasteiger partial charge < -0.3 is 10.1 Å². The number of amides is 1. The number of rotatable bonds is 9. The summed E-state index contributed by atoms with van der Waals surface area (Å²) in [4.78, 5) is 23.7. The smallest absolute Gasteiger partial charge is 0.310 e. The Balaban J connectivity index is 1.88. The molecule has 1 aromatic heterocycles. The van der Waals surface area contributed by atoms with E-state index >= 15 is 0 Å². The van der Waals surface area contributed by atoms with E-state index in [4.69, 9.17) is 4.74 Å². The summed E-state index contributed by atoms with van der Waals surface area (Å²) in [5.41, 5.74) is 1.27. The van der Waals surface area contributed by atoms with E-state index in [9.17, 15) is 18.0 Å². The normalized spacial score (nSPS) is 11.4. The number of carbonyl (C=O) groups excluding carboxylic acids is 2.